The molecular formula is C33H38FN9O2. The molecule has 234 valence electrons. The summed E-state index contributed by atoms with van der Waals surface area (Å²) in [6.45, 7) is 5.65. The normalized spacial score (nSPS) is 17.5. The zero-order chi connectivity index (χ0) is 31.1. The SMILES string of the molecule is COc1ccc2c(c1)CCc1cnc(-n3cc(C(=O)Nc4ccc(N5CCN(C6CCN(C)CC6)CC5)c(F)c4)c(N)n3)nc1-2. The molecule has 12 heteroatoms. The number of aromatic nitrogens is 4. The van der Waals surface area contributed by atoms with E-state index >= 15 is 4.39 Å². The number of carbonyl (C=O) groups is 1. The number of halogens is 1. The number of amides is 1. The van der Waals surface area contributed by atoms with E-state index < -0.39 is 5.91 Å². The van der Waals surface area contributed by atoms with E-state index in [4.69, 9.17) is 15.5 Å². The Balaban J connectivity index is 1.02. The van der Waals surface area contributed by atoms with Gasteiger partial charge in [-0.1, -0.05) is 0 Å². The van der Waals surface area contributed by atoms with E-state index in [2.05, 4.69) is 37.1 Å². The second-order valence-electron chi connectivity index (χ2n) is 12.1. The lowest BCUT2D eigenvalue weighted by Crippen LogP contribution is -2.53. The number of nitrogens with one attached hydrogen (secondary N) is 1. The Morgan fingerprint density at radius 1 is 1.02 bits per heavy atom. The Labute approximate surface area is 261 Å². The van der Waals surface area contributed by atoms with Crippen molar-refractivity contribution in [2.75, 3.05) is 69.4 Å². The highest BCUT2D eigenvalue weighted by Crippen LogP contribution is 2.34. The Kier molecular flexibility index (Phi) is 7.84. The topological polar surface area (TPSA) is 118 Å². The van der Waals surface area contributed by atoms with E-state index in [1.807, 2.05) is 18.2 Å². The summed E-state index contributed by atoms with van der Waals surface area (Å²) in [4.78, 5) is 29.5. The lowest BCUT2D eigenvalue weighted by molar-refractivity contribution is 0.102. The minimum absolute atomic E-state index is 0.0264. The maximum atomic E-state index is 15.3. The number of piperazine rings is 1. The molecule has 4 aromatic rings. The molecule has 0 bridgehead atoms. The molecule has 4 heterocycles. The van der Waals surface area contributed by atoms with Crippen molar-refractivity contribution in [3.8, 4) is 23.0 Å². The summed E-state index contributed by atoms with van der Waals surface area (Å²) < 4.78 is 22.1. The van der Waals surface area contributed by atoms with E-state index in [0.29, 0.717) is 23.4 Å². The number of piperidine rings is 1. The van der Waals surface area contributed by atoms with Crippen molar-refractivity contribution < 1.29 is 13.9 Å². The molecule has 2 fully saturated rings. The molecule has 45 heavy (non-hydrogen) atoms. The lowest BCUT2D eigenvalue weighted by Gasteiger charge is -2.42. The van der Waals surface area contributed by atoms with Gasteiger partial charge >= 0.3 is 0 Å². The Morgan fingerprint density at radius 3 is 2.56 bits per heavy atom. The van der Waals surface area contributed by atoms with Gasteiger partial charge in [-0.15, -0.1) is 5.10 Å². The van der Waals surface area contributed by atoms with E-state index in [-0.39, 0.29) is 17.2 Å². The Morgan fingerprint density at radius 2 is 1.80 bits per heavy atom. The fourth-order valence-corrected chi connectivity index (χ4v) is 6.72. The molecule has 3 aliphatic rings. The summed E-state index contributed by atoms with van der Waals surface area (Å²) in [7, 11) is 3.83. The predicted molar refractivity (Wildman–Crippen MR) is 172 cm³/mol. The highest BCUT2D eigenvalue weighted by molar-refractivity contribution is 6.07. The first-order valence-corrected chi connectivity index (χ1v) is 15.5. The summed E-state index contributed by atoms with van der Waals surface area (Å²) in [6.07, 6.45) is 7.36. The van der Waals surface area contributed by atoms with Gasteiger partial charge in [-0.25, -0.2) is 19.0 Å². The largest absolute Gasteiger partial charge is 0.497 e. The van der Waals surface area contributed by atoms with Gasteiger partial charge in [-0.3, -0.25) is 9.69 Å². The minimum Gasteiger partial charge on any atom is -0.497 e. The summed E-state index contributed by atoms with van der Waals surface area (Å²) >= 11 is 0. The monoisotopic (exact) mass is 611 g/mol. The first-order chi connectivity index (χ1) is 21.9. The maximum Gasteiger partial charge on any atom is 0.261 e. The van der Waals surface area contributed by atoms with E-state index in [0.717, 1.165) is 80.2 Å². The summed E-state index contributed by atoms with van der Waals surface area (Å²) in [5.41, 5.74) is 11.2. The van der Waals surface area contributed by atoms with Crippen molar-refractivity contribution in [3.63, 3.8) is 0 Å². The van der Waals surface area contributed by atoms with Crippen LogP contribution >= 0.6 is 0 Å². The first kappa shape index (κ1) is 29.2. The molecule has 3 N–H and O–H groups in total. The van der Waals surface area contributed by atoms with Gasteiger partial charge in [0, 0.05) is 55.9 Å². The summed E-state index contributed by atoms with van der Waals surface area (Å²) in [5.74, 6) is 0.267. The van der Waals surface area contributed by atoms with Crippen LogP contribution in [0.1, 0.15) is 34.3 Å². The standard InChI is InChI=1S/C33H38FN9O2/c1-40-11-9-24(10-12-40)41-13-15-42(16-14-41)29-8-5-23(18-28(29)34)37-32(44)27-20-43(39-31(27)35)33-36-19-22-4-3-21-17-25(45-2)6-7-26(21)30(22)38-33/h5-8,17-20,24H,3-4,9-16H2,1-2H3,(H2,35,39)(H,37,44). The summed E-state index contributed by atoms with van der Waals surface area (Å²) in [6, 6.07) is 11.4. The van der Waals surface area contributed by atoms with E-state index in [1.54, 1.807) is 25.4 Å². The molecule has 2 saturated heterocycles. The third kappa shape index (κ3) is 5.83. The number of methoxy groups -OCH3 is 1. The molecule has 7 rings (SSSR count). The smallest absolute Gasteiger partial charge is 0.261 e. The Bertz CT molecular complexity index is 1730. The van der Waals surface area contributed by atoms with Crippen LogP contribution in [0.2, 0.25) is 0 Å². The van der Waals surface area contributed by atoms with Gasteiger partial charge in [0.05, 0.1) is 18.5 Å². The number of carbonyl (C=O) groups excluding carboxylic acids is 1. The highest BCUT2D eigenvalue weighted by Gasteiger charge is 2.28. The molecule has 0 radical (unpaired) electrons. The number of hydrogen-bond acceptors (Lipinski definition) is 9. The third-order valence-electron chi connectivity index (χ3n) is 9.34. The highest BCUT2D eigenvalue weighted by atomic mass is 19.1. The lowest BCUT2D eigenvalue weighted by atomic mass is 9.90. The van der Waals surface area contributed by atoms with Crippen LogP contribution in [0.15, 0.2) is 48.8 Å². The molecule has 2 aromatic heterocycles. The molecule has 2 aromatic carbocycles. The van der Waals surface area contributed by atoms with Gasteiger partial charge in [-0.2, -0.15) is 0 Å². The van der Waals surface area contributed by atoms with Crippen LogP contribution in [-0.2, 0) is 12.8 Å². The van der Waals surface area contributed by atoms with Crippen LogP contribution in [0.3, 0.4) is 0 Å². The Hall–Kier alpha value is -4.55. The predicted octanol–water partition coefficient (Wildman–Crippen LogP) is 3.63. The number of rotatable bonds is 6. The molecule has 0 spiro atoms. The van der Waals surface area contributed by atoms with E-state index in [9.17, 15) is 4.79 Å². The second kappa shape index (κ2) is 12.1. The zero-order valence-corrected chi connectivity index (χ0v) is 25.7. The van der Waals surface area contributed by atoms with E-state index in [1.165, 1.54) is 29.8 Å². The molecule has 11 nitrogen and oxygen atoms in total. The summed E-state index contributed by atoms with van der Waals surface area (Å²) in [5, 5.41) is 7.08. The van der Waals surface area contributed by atoms with Crippen LogP contribution in [0.4, 0.5) is 21.6 Å². The number of nitrogens with zero attached hydrogens (tertiary/aromatic N) is 7. The molecular weight excluding hydrogens is 573 g/mol. The van der Waals surface area contributed by atoms with Gasteiger partial charge in [-0.05, 0) is 93.3 Å². The van der Waals surface area contributed by atoms with Crippen LogP contribution in [-0.4, -0.2) is 94.9 Å². The molecule has 2 aliphatic heterocycles. The molecule has 0 saturated carbocycles. The average molecular weight is 612 g/mol. The fourth-order valence-electron chi connectivity index (χ4n) is 6.72. The molecule has 0 unspecified atom stereocenters. The quantitative estimate of drug-likeness (QED) is 0.337. The maximum absolute atomic E-state index is 15.3. The van der Waals surface area contributed by atoms with Crippen molar-refractivity contribution in [2.24, 2.45) is 0 Å². The van der Waals surface area contributed by atoms with Crippen LogP contribution in [0, 0.1) is 5.82 Å². The minimum atomic E-state index is -0.493. The first-order valence-electron chi connectivity index (χ1n) is 15.5. The number of likely N-dealkylation sites (tertiary alicyclic amines) is 1. The van der Waals surface area contributed by atoms with Gasteiger partial charge in [0.15, 0.2) is 5.82 Å². The molecule has 1 amide bonds. The number of nitrogens with two attached hydrogens (primary N) is 1. The zero-order valence-electron chi connectivity index (χ0n) is 25.7. The molecule has 1 aliphatic carbocycles. The average Bonchev–Trinajstić information content (AvgIpc) is 3.46. The van der Waals surface area contributed by atoms with Crippen LogP contribution in [0.25, 0.3) is 17.2 Å². The number of benzene rings is 2. The number of nitrogen functional groups attached to an aromatic ring is 1. The van der Waals surface area contributed by atoms with Gasteiger partial charge < -0.3 is 25.6 Å². The van der Waals surface area contributed by atoms with Gasteiger partial charge in [0.25, 0.3) is 11.9 Å². The van der Waals surface area contributed by atoms with Crippen molar-refractivity contribution in [1.82, 2.24) is 29.5 Å². The van der Waals surface area contributed by atoms with Gasteiger partial charge in [0.1, 0.15) is 17.1 Å². The van der Waals surface area contributed by atoms with Crippen LogP contribution in [0.5, 0.6) is 5.75 Å². The van der Waals surface area contributed by atoms with Crippen molar-refractivity contribution in [1.29, 1.82) is 0 Å². The number of ether oxygens (including phenoxy) is 1. The molecule has 0 atom stereocenters. The third-order valence-corrected chi connectivity index (χ3v) is 9.34. The van der Waals surface area contributed by atoms with Crippen molar-refractivity contribution in [3.05, 3.63) is 71.3 Å². The van der Waals surface area contributed by atoms with Gasteiger partial charge in [0.2, 0.25) is 0 Å². The second-order valence-corrected chi connectivity index (χ2v) is 12.1. The van der Waals surface area contributed by atoms with Crippen LogP contribution < -0.4 is 20.7 Å². The number of hydrogen-bond donors (Lipinski definition) is 2. The van der Waals surface area contributed by atoms with Crippen molar-refractivity contribution in [2.45, 2.75) is 31.7 Å². The number of fused-ring (bicyclic) bond motifs is 3. The number of aryl methyl sites for hydroxylation is 2. The fraction of sp³-hybridized carbons (Fsp3) is 0.394. The van der Waals surface area contributed by atoms with Crippen molar-refractivity contribution >= 4 is 23.1 Å². The number of anilines is 3.